The Morgan fingerprint density at radius 2 is 1.67 bits per heavy atom. The fourth-order valence-electron chi connectivity index (χ4n) is 1.54. The highest BCUT2D eigenvalue weighted by Gasteiger charge is 2.14. The highest BCUT2D eigenvalue weighted by Crippen LogP contribution is 2.19. The summed E-state index contributed by atoms with van der Waals surface area (Å²) in [5.74, 6) is -5.06. The molecule has 0 heterocycles. The van der Waals surface area contributed by atoms with Crippen molar-refractivity contribution in [2.24, 2.45) is 0 Å². The molecule has 0 aliphatic heterocycles. The third-order valence-electron chi connectivity index (χ3n) is 2.59. The van der Waals surface area contributed by atoms with E-state index in [1.54, 1.807) is 24.3 Å². The van der Waals surface area contributed by atoms with E-state index in [0.717, 1.165) is 18.2 Å². The van der Waals surface area contributed by atoms with E-state index in [1.807, 2.05) is 0 Å². The maximum atomic E-state index is 13.4. The van der Waals surface area contributed by atoms with Crippen molar-refractivity contribution in [2.45, 2.75) is 0 Å². The number of amides is 1. The molecule has 0 unspecified atom stereocenters. The minimum atomic E-state index is -1.63. The van der Waals surface area contributed by atoms with Crippen LogP contribution in [0.2, 0.25) is 5.02 Å². The van der Waals surface area contributed by atoms with Crippen molar-refractivity contribution in [3.8, 4) is 0 Å². The standard InChI is InChI=1S/C15H9ClF3NO/c16-10-4-1-9(2-5-10)3-8-13(21)20-12-7-6-11(17)14(18)15(12)19/h1-8H,(H,20,21)/b8-3+. The van der Waals surface area contributed by atoms with Gasteiger partial charge in [-0.1, -0.05) is 23.7 Å². The van der Waals surface area contributed by atoms with E-state index in [0.29, 0.717) is 10.6 Å². The number of benzene rings is 2. The number of halogens is 4. The maximum absolute atomic E-state index is 13.4. The number of nitrogens with one attached hydrogen (secondary N) is 1. The van der Waals surface area contributed by atoms with Gasteiger partial charge in [0, 0.05) is 11.1 Å². The molecule has 0 fully saturated rings. The Balaban J connectivity index is 2.08. The molecular weight excluding hydrogens is 303 g/mol. The first-order chi connectivity index (χ1) is 9.97. The lowest BCUT2D eigenvalue weighted by atomic mass is 10.2. The average Bonchev–Trinajstić information content (AvgIpc) is 2.47. The van der Waals surface area contributed by atoms with E-state index >= 15 is 0 Å². The lowest BCUT2D eigenvalue weighted by Crippen LogP contribution is -2.10. The van der Waals surface area contributed by atoms with Crippen molar-refractivity contribution in [1.82, 2.24) is 0 Å². The Labute approximate surface area is 123 Å². The predicted octanol–water partition coefficient (Wildman–Crippen LogP) is 4.41. The van der Waals surface area contributed by atoms with Crippen molar-refractivity contribution in [3.05, 3.63) is 70.5 Å². The molecule has 0 bridgehead atoms. The third kappa shape index (κ3) is 3.86. The molecule has 2 rings (SSSR count). The summed E-state index contributed by atoms with van der Waals surface area (Å²) in [6, 6.07) is 8.34. The van der Waals surface area contributed by atoms with Crippen LogP contribution < -0.4 is 5.32 Å². The number of anilines is 1. The molecule has 0 aliphatic carbocycles. The molecule has 2 aromatic carbocycles. The highest BCUT2D eigenvalue weighted by molar-refractivity contribution is 6.30. The van der Waals surface area contributed by atoms with Gasteiger partial charge < -0.3 is 5.32 Å². The van der Waals surface area contributed by atoms with Gasteiger partial charge in [0.05, 0.1) is 5.69 Å². The Morgan fingerprint density at radius 3 is 2.33 bits per heavy atom. The minimum Gasteiger partial charge on any atom is -0.320 e. The largest absolute Gasteiger partial charge is 0.320 e. The molecule has 0 aromatic heterocycles. The zero-order valence-corrected chi connectivity index (χ0v) is 11.3. The maximum Gasteiger partial charge on any atom is 0.248 e. The second kappa shape index (κ2) is 6.45. The predicted molar refractivity (Wildman–Crippen MR) is 75.4 cm³/mol. The number of hydrogen-bond acceptors (Lipinski definition) is 1. The van der Waals surface area contributed by atoms with Crippen LogP contribution in [-0.2, 0) is 4.79 Å². The Bertz CT molecular complexity index is 699. The lowest BCUT2D eigenvalue weighted by Gasteiger charge is -2.04. The van der Waals surface area contributed by atoms with Crippen molar-refractivity contribution >= 4 is 29.3 Å². The van der Waals surface area contributed by atoms with Gasteiger partial charge in [-0.15, -0.1) is 0 Å². The first-order valence-corrected chi connectivity index (χ1v) is 6.23. The van der Waals surface area contributed by atoms with Gasteiger partial charge in [0.1, 0.15) is 0 Å². The van der Waals surface area contributed by atoms with Crippen LogP contribution in [0.25, 0.3) is 6.08 Å². The Kier molecular flexibility index (Phi) is 4.65. The smallest absolute Gasteiger partial charge is 0.248 e. The topological polar surface area (TPSA) is 29.1 Å². The number of carbonyl (C=O) groups is 1. The van der Waals surface area contributed by atoms with Crippen LogP contribution in [0.15, 0.2) is 42.5 Å². The quantitative estimate of drug-likeness (QED) is 0.660. The SMILES string of the molecule is O=C(/C=C/c1ccc(Cl)cc1)Nc1ccc(F)c(F)c1F. The molecule has 0 radical (unpaired) electrons. The van der Waals surface area contributed by atoms with E-state index in [4.69, 9.17) is 11.6 Å². The summed E-state index contributed by atoms with van der Waals surface area (Å²) in [5.41, 5.74) is 0.278. The summed E-state index contributed by atoms with van der Waals surface area (Å²) in [7, 11) is 0. The van der Waals surface area contributed by atoms with Crippen LogP contribution in [0.4, 0.5) is 18.9 Å². The molecule has 0 spiro atoms. The van der Waals surface area contributed by atoms with Crippen molar-refractivity contribution in [1.29, 1.82) is 0 Å². The summed E-state index contributed by atoms with van der Waals surface area (Å²) in [6.45, 7) is 0. The first-order valence-electron chi connectivity index (χ1n) is 5.85. The van der Waals surface area contributed by atoms with Gasteiger partial charge in [0.15, 0.2) is 17.5 Å². The van der Waals surface area contributed by atoms with E-state index in [2.05, 4.69) is 5.32 Å². The van der Waals surface area contributed by atoms with Crippen LogP contribution >= 0.6 is 11.6 Å². The highest BCUT2D eigenvalue weighted by atomic mass is 35.5. The second-order valence-electron chi connectivity index (χ2n) is 4.10. The van der Waals surface area contributed by atoms with Gasteiger partial charge in [0.25, 0.3) is 0 Å². The minimum absolute atomic E-state index is 0.431. The second-order valence-corrected chi connectivity index (χ2v) is 4.53. The molecule has 2 aromatic rings. The van der Waals surface area contributed by atoms with E-state index < -0.39 is 29.0 Å². The van der Waals surface area contributed by atoms with Crippen LogP contribution in [0.5, 0.6) is 0 Å². The summed E-state index contributed by atoms with van der Waals surface area (Å²) < 4.78 is 39.1. The summed E-state index contributed by atoms with van der Waals surface area (Å²) >= 11 is 5.72. The molecule has 0 atom stereocenters. The van der Waals surface area contributed by atoms with E-state index in [1.165, 1.54) is 6.08 Å². The Hall–Kier alpha value is -2.27. The van der Waals surface area contributed by atoms with Gasteiger partial charge in [-0.05, 0) is 35.9 Å². The van der Waals surface area contributed by atoms with Crippen molar-refractivity contribution in [2.75, 3.05) is 5.32 Å². The molecule has 0 saturated heterocycles. The molecule has 2 nitrogen and oxygen atoms in total. The third-order valence-corrected chi connectivity index (χ3v) is 2.84. The fraction of sp³-hybridized carbons (Fsp3) is 0. The average molecular weight is 312 g/mol. The number of rotatable bonds is 3. The fourth-order valence-corrected chi connectivity index (χ4v) is 1.67. The van der Waals surface area contributed by atoms with Crippen molar-refractivity contribution < 1.29 is 18.0 Å². The molecule has 6 heteroatoms. The van der Waals surface area contributed by atoms with Crippen LogP contribution in [0.1, 0.15) is 5.56 Å². The zero-order chi connectivity index (χ0) is 15.4. The van der Waals surface area contributed by atoms with Gasteiger partial charge >= 0.3 is 0 Å². The van der Waals surface area contributed by atoms with Crippen LogP contribution in [0.3, 0.4) is 0 Å². The molecule has 108 valence electrons. The summed E-state index contributed by atoms with van der Waals surface area (Å²) in [5, 5.41) is 2.68. The normalized spacial score (nSPS) is 10.9. The van der Waals surface area contributed by atoms with Gasteiger partial charge in [0.2, 0.25) is 5.91 Å². The first kappa shape index (κ1) is 15.1. The summed E-state index contributed by atoms with van der Waals surface area (Å²) in [4.78, 5) is 11.6. The van der Waals surface area contributed by atoms with Crippen molar-refractivity contribution in [3.63, 3.8) is 0 Å². The number of hydrogen-bond donors (Lipinski definition) is 1. The van der Waals surface area contributed by atoms with Gasteiger partial charge in [-0.2, -0.15) is 0 Å². The van der Waals surface area contributed by atoms with Crippen LogP contribution in [0, 0.1) is 17.5 Å². The lowest BCUT2D eigenvalue weighted by molar-refractivity contribution is -0.111. The summed E-state index contributed by atoms with van der Waals surface area (Å²) in [6.07, 6.45) is 2.62. The molecule has 0 saturated carbocycles. The molecule has 0 aliphatic rings. The van der Waals surface area contributed by atoms with E-state index in [-0.39, 0.29) is 0 Å². The monoisotopic (exact) mass is 311 g/mol. The zero-order valence-electron chi connectivity index (χ0n) is 10.5. The van der Waals surface area contributed by atoms with E-state index in [9.17, 15) is 18.0 Å². The molecule has 1 N–H and O–H groups in total. The van der Waals surface area contributed by atoms with Crippen LogP contribution in [-0.4, -0.2) is 5.91 Å². The molecular formula is C15H9ClF3NO. The number of carbonyl (C=O) groups excluding carboxylic acids is 1. The van der Waals surface area contributed by atoms with Gasteiger partial charge in [-0.25, -0.2) is 13.2 Å². The molecule has 1 amide bonds. The Morgan fingerprint density at radius 1 is 1.00 bits per heavy atom. The van der Waals surface area contributed by atoms with Gasteiger partial charge in [-0.3, -0.25) is 4.79 Å². The molecule has 21 heavy (non-hydrogen) atoms.